The van der Waals surface area contributed by atoms with Gasteiger partial charge in [-0.05, 0) is 25.1 Å². The van der Waals surface area contributed by atoms with Gasteiger partial charge in [-0.25, -0.2) is 4.98 Å². The van der Waals surface area contributed by atoms with E-state index in [1.54, 1.807) is 11.3 Å². The van der Waals surface area contributed by atoms with Crippen molar-refractivity contribution in [2.75, 3.05) is 18.6 Å². The molecule has 2 aromatic heterocycles. The molecule has 0 radical (unpaired) electrons. The molecule has 16 heavy (non-hydrogen) atoms. The van der Waals surface area contributed by atoms with Crippen LogP contribution in [0.25, 0.3) is 4.96 Å². The first kappa shape index (κ1) is 10.6. The van der Waals surface area contributed by atoms with E-state index in [1.807, 2.05) is 11.8 Å². The monoisotopic (exact) mass is 253 g/mol. The van der Waals surface area contributed by atoms with E-state index in [4.69, 9.17) is 0 Å². The highest BCUT2D eigenvalue weighted by Gasteiger charge is 2.27. The second-order valence-electron chi connectivity index (χ2n) is 4.22. The van der Waals surface area contributed by atoms with E-state index < -0.39 is 0 Å². The number of aromatic nitrogens is 2. The van der Waals surface area contributed by atoms with Gasteiger partial charge in [-0.15, -0.1) is 11.3 Å². The van der Waals surface area contributed by atoms with E-state index in [1.165, 1.54) is 17.2 Å². The van der Waals surface area contributed by atoms with Crippen molar-refractivity contribution >= 4 is 28.1 Å². The lowest BCUT2D eigenvalue weighted by atomic mass is 9.98. The van der Waals surface area contributed by atoms with E-state index in [0.717, 1.165) is 17.3 Å². The summed E-state index contributed by atoms with van der Waals surface area (Å²) in [5.74, 6) is 3.24. The maximum absolute atomic E-state index is 4.65. The van der Waals surface area contributed by atoms with Crippen molar-refractivity contribution in [3.63, 3.8) is 0 Å². The summed E-state index contributed by atoms with van der Waals surface area (Å²) in [5.41, 5.74) is 1.24. The molecule has 1 aliphatic heterocycles. The van der Waals surface area contributed by atoms with Crippen molar-refractivity contribution in [3.05, 3.63) is 23.5 Å². The van der Waals surface area contributed by atoms with Gasteiger partial charge in [0.1, 0.15) is 0 Å². The zero-order valence-electron chi connectivity index (χ0n) is 9.22. The summed E-state index contributed by atoms with van der Waals surface area (Å²) in [4.78, 5) is 5.76. The predicted octanol–water partition coefficient (Wildman–Crippen LogP) is 1.89. The SMILES string of the molecule is CNC1CSCC1Cc1cn2ccsc2n1. The van der Waals surface area contributed by atoms with Crippen LogP contribution >= 0.6 is 23.1 Å². The first-order valence-corrected chi connectivity index (χ1v) is 7.56. The molecule has 0 amide bonds. The Morgan fingerprint density at radius 3 is 3.31 bits per heavy atom. The van der Waals surface area contributed by atoms with Gasteiger partial charge in [0.05, 0.1) is 5.69 Å². The molecule has 0 aromatic carbocycles. The molecule has 0 saturated carbocycles. The van der Waals surface area contributed by atoms with Crippen LogP contribution in [0.15, 0.2) is 17.8 Å². The Bertz CT molecular complexity index is 448. The second-order valence-corrected chi connectivity index (χ2v) is 6.17. The Morgan fingerprint density at radius 2 is 2.50 bits per heavy atom. The fourth-order valence-electron chi connectivity index (χ4n) is 2.26. The number of thiazole rings is 1. The maximum atomic E-state index is 4.65. The molecule has 0 bridgehead atoms. The third kappa shape index (κ3) is 1.87. The first-order chi connectivity index (χ1) is 7.86. The van der Waals surface area contributed by atoms with Crippen LogP contribution in [-0.4, -0.2) is 34.0 Å². The molecule has 1 saturated heterocycles. The van der Waals surface area contributed by atoms with Crippen molar-refractivity contribution in [2.45, 2.75) is 12.5 Å². The number of thioether (sulfide) groups is 1. The molecule has 1 fully saturated rings. The van der Waals surface area contributed by atoms with Gasteiger partial charge in [0.2, 0.25) is 0 Å². The van der Waals surface area contributed by atoms with E-state index in [0.29, 0.717) is 6.04 Å². The molecule has 2 unspecified atom stereocenters. The fourth-order valence-corrected chi connectivity index (χ4v) is 4.46. The Kier molecular flexibility index (Phi) is 2.91. The summed E-state index contributed by atoms with van der Waals surface area (Å²) in [6, 6.07) is 0.657. The number of fused-ring (bicyclic) bond motifs is 1. The quantitative estimate of drug-likeness (QED) is 0.906. The number of hydrogen-bond acceptors (Lipinski definition) is 4. The summed E-state index contributed by atoms with van der Waals surface area (Å²) in [6.45, 7) is 0. The van der Waals surface area contributed by atoms with E-state index >= 15 is 0 Å². The fraction of sp³-hybridized carbons (Fsp3) is 0.545. The van der Waals surface area contributed by atoms with Gasteiger partial charge in [0.25, 0.3) is 0 Å². The molecule has 0 spiro atoms. The van der Waals surface area contributed by atoms with E-state index in [9.17, 15) is 0 Å². The van der Waals surface area contributed by atoms with Crippen LogP contribution in [-0.2, 0) is 6.42 Å². The largest absolute Gasteiger partial charge is 0.316 e. The summed E-state index contributed by atoms with van der Waals surface area (Å²) >= 11 is 3.75. The molecule has 0 aliphatic carbocycles. The van der Waals surface area contributed by atoms with Crippen LogP contribution in [0.3, 0.4) is 0 Å². The molecular weight excluding hydrogens is 238 g/mol. The maximum Gasteiger partial charge on any atom is 0.193 e. The molecule has 2 aromatic rings. The highest BCUT2D eigenvalue weighted by atomic mass is 32.2. The van der Waals surface area contributed by atoms with Crippen LogP contribution in [0.4, 0.5) is 0 Å². The Labute approximate surface area is 103 Å². The van der Waals surface area contributed by atoms with Crippen LogP contribution in [0.5, 0.6) is 0 Å². The van der Waals surface area contributed by atoms with Gasteiger partial charge >= 0.3 is 0 Å². The lowest BCUT2D eigenvalue weighted by Crippen LogP contribution is -2.33. The van der Waals surface area contributed by atoms with Crippen molar-refractivity contribution in [3.8, 4) is 0 Å². The standard InChI is InChI=1S/C11H15N3S2/c1-12-10-7-15-6-8(10)4-9-5-14-2-3-16-11(14)13-9/h2-3,5,8,10,12H,4,6-7H2,1H3. The highest BCUT2D eigenvalue weighted by Crippen LogP contribution is 2.27. The number of nitrogens with zero attached hydrogens (tertiary/aromatic N) is 2. The molecule has 3 nitrogen and oxygen atoms in total. The van der Waals surface area contributed by atoms with Gasteiger partial charge in [-0.3, -0.25) is 4.40 Å². The third-order valence-electron chi connectivity index (χ3n) is 3.18. The Hall–Kier alpha value is -0.520. The third-order valence-corrected chi connectivity index (χ3v) is 5.21. The number of imidazole rings is 1. The second kappa shape index (κ2) is 4.39. The molecule has 1 aliphatic rings. The average molecular weight is 253 g/mol. The highest BCUT2D eigenvalue weighted by molar-refractivity contribution is 7.99. The predicted molar refractivity (Wildman–Crippen MR) is 70.4 cm³/mol. The lowest BCUT2D eigenvalue weighted by Gasteiger charge is -2.16. The first-order valence-electron chi connectivity index (χ1n) is 5.53. The summed E-state index contributed by atoms with van der Waals surface area (Å²) < 4.78 is 2.12. The van der Waals surface area contributed by atoms with Gasteiger partial charge in [0.15, 0.2) is 4.96 Å². The smallest absolute Gasteiger partial charge is 0.193 e. The molecule has 86 valence electrons. The van der Waals surface area contributed by atoms with Crippen molar-refractivity contribution in [2.24, 2.45) is 5.92 Å². The zero-order chi connectivity index (χ0) is 11.0. The van der Waals surface area contributed by atoms with Crippen molar-refractivity contribution in [1.82, 2.24) is 14.7 Å². The molecular formula is C11H15N3S2. The molecule has 2 atom stereocenters. The van der Waals surface area contributed by atoms with Crippen LogP contribution in [0, 0.1) is 5.92 Å². The van der Waals surface area contributed by atoms with Crippen LogP contribution in [0.2, 0.25) is 0 Å². The molecule has 3 rings (SSSR count). The van der Waals surface area contributed by atoms with Crippen molar-refractivity contribution in [1.29, 1.82) is 0 Å². The number of rotatable bonds is 3. The molecule has 1 N–H and O–H groups in total. The summed E-state index contributed by atoms with van der Waals surface area (Å²) in [5, 5.41) is 5.49. The van der Waals surface area contributed by atoms with Gasteiger partial charge in [-0.2, -0.15) is 11.8 Å². The summed E-state index contributed by atoms with van der Waals surface area (Å²) in [7, 11) is 2.06. The topological polar surface area (TPSA) is 29.3 Å². The van der Waals surface area contributed by atoms with Gasteiger partial charge in [0, 0.05) is 29.6 Å². The minimum atomic E-state index is 0.657. The van der Waals surface area contributed by atoms with Gasteiger partial charge in [-0.1, -0.05) is 0 Å². The van der Waals surface area contributed by atoms with E-state index in [2.05, 4.69) is 39.5 Å². The number of nitrogens with one attached hydrogen (secondary N) is 1. The lowest BCUT2D eigenvalue weighted by molar-refractivity contribution is 0.450. The number of hydrogen-bond donors (Lipinski definition) is 1. The molecule has 5 heteroatoms. The van der Waals surface area contributed by atoms with E-state index in [-0.39, 0.29) is 0 Å². The van der Waals surface area contributed by atoms with Crippen LogP contribution < -0.4 is 5.32 Å². The Morgan fingerprint density at radius 1 is 1.56 bits per heavy atom. The average Bonchev–Trinajstić information content (AvgIpc) is 2.92. The normalized spacial score (nSPS) is 25.6. The van der Waals surface area contributed by atoms with Crippen molar-refractivity contribution < 1.29 is 0 Å². The van der Waals surface area contributed by atoms with Crippen LogP contribution in [0.1, 0.15) is 5.69 Å². The summed E-state index contributed by atoms with van der Waals surface area (Å²) in [6.07, 6.45) is 5.35. The Balaban J connectivity index is 1.76. The minimum absolute atomic E-state index is 0.657. The zero-order valence-corrected chi connectivity index (χ0v) is 10.9. The van der Waals surface area contributed by atoms with Gasteiger partial charge < -0.3 is 5.32 Å². The molecule has 3 heterocycles. The minimum Gasteiger partial charge on any atom is -0.316 e.